The number of carboxylic acid groups (broad SMARTS) is 4. The third-order valence-electron chi connectivity index (χ3n) is 6.84. The summed E-state index contributed by atoms with van der Waals surface area (Å²) in [6.45, 7) is 9.74. The molecule has 0 radical (unpaired) electrons. The number of carbonyl (C=O) groups is 6. The van der Waals surface area contributed by atoms with E-state index in [4.69, 9.17) is 0 Å². The Bertz CT molecular complexity index is 1060. The molecule has 0 spiro atoms. The number of carboxylic acids is 4. The average Bonchev–Trinajstić information content (AvgIpc) is 2.83. The second-order valence-electron chi connectivity index (χ2n) is 10.1. The highest BCUT2D eigenvalue weighted by Gasteiger charge is 2.36. The standard InChI is InChI=1S/C28H36O12/c1-13(2)21(31)11-17(29)9-19(25(33)34)23(27(37)38)15-5-7-16(8-6-15)24(28(39)40)20(26(35)36)10-18(30)12-22(32)14(3)4/h15-18,29-30H,1,3,5-12H2,2,4H3,(H,33,34)(H,35,36)(H,37,38)(H,39,40)/b23-19+,24-20+. The van der Waals surface area contributed by atoms with E-state index in [-0.39, 0.29) is 36.8 Å². The van der Waals surface area contributed by atoms with Crippen LogP contribution in [0.3, 0.4) is 0 Å². The maximum absolute atomic E-state index is 12.1. The molecule has 1 rings (SSSR count). The van der Waals surface area contributed by atoms with E-state index < -0.39 is 107 Å². The minimum Gasteiger partial charge on any atom is -0.478 e. The van der Waals surface area contributed by atoms with Crippen LogP contribution in [0.2, 0.25) is 0 Å². The normalized spacial score (nSPS) is 19.8. The largest absolute Gasteiger partial charge is 0.478 e. The molecule has 2 atom stereocenters. The molecular formula is C28H36O12. The number of aliphatic hydroxyl groups excluding tert-OH is 2. The first-order valence-electron chi connectivity index (χ1n) is 12.6. The summed E-state index contributed by atoms with van der Waals surface area (Å²) in [6, 6.07) is 0. The van der Waals surface area contributed by atoms with Crippen molar-refractivity contribution in [3.8, 4) is 0 Å². The molecule has 12 heteroatoms. The average molecular weight is 565 g/mol. The van der Waals surface area contributed by atoms with Crippen molar-refractivity contribution in [2.45, 2.75) is 77.4 Å². The van der Waals surface area contributed by atoms with E-state index in [1.54, 1.807) is 0 Å². The number of hydrogen-bond donors (Lipinski definition) is 6. The van der Waals surface area contributed by atoms with Gasteiger partial charge < -0.3 is 30.6 Å². The lowest BCUT2D eigenvalue weighted by atomic mass is 9.73. The zero-order valence-corrected chi connectivity index (χ0v) is 22.5. The van der Waals surface area contributed by atoms with Crippen LogP contribution in [0.15, 0.2) is 46.6 Å². The van der Waals surface area contributed by atoms with Crippen molar-refractivity contribution >= 4 is 35.4 Å². The summed E-state index contributed by atoms with van der Waals surface area (Å²) in [7, 11) is 0. The van der Waals surface area contributed by atoms with Crippen molar-refractivity contribution in [2.24, 2.45) is 11.8 Å². The Kier molecular flexibility index (Phi) is 12.8. The minimum atomic E-state index is -1.58. The summed E-state index contributed by atoms with van der Waals surface area (Å²) in [4.78, 5) is 71.8. The van der Waals surface area contributed by atoms with E-state index in [0.717, 1.165) is 0 Å². The van der Waals surface area contributed by atoms with Gasteiger partial charge in [0, 0.05) is 25.7 Å². The van der Waals surface area contributed by atoms with Crippen molar-refractivity contribution in [1.29, 1.82) is 0 Å². The molecule has 0 aliphatic heterocycles. The number of allylic oxidation sites excluding steroid dienone is 2. The van der Waals surface area contributed by atoms with Gasteiger partial charge in [0.15, 0.2) is 11.6 Å². The van der Waals surface area contributed by atoms with Crippen molar-refractivity contribution in [1.82, 2.24) is 0 Å². The molecule has 0 aromatic rings. The van der Waals surface area contributed by atoms with Crippen LogP contribution >= 0.6 is 0 Å². The number of aliphatic hydroxyl groups is 2. The lowest BCUT2D eigenvalue weighted by Gasteiger charge is -2.31. The Hall–Kier alpha value is -3.90. The maximum Gasteiger partial charge on any atom is 0.332 e. The minimum absolute atomic E-state index is 0.00422. The number of hydrogen-bond acceptors (Lipinski definition) is 8. The second-order valence-corrected chi connectivity index (χ2v) is 10.1. The maximum atomic E-state index is 12.1. The Balaban J connectivity index is 3.29. The first-order chi connectivity index (χ1) is 18.5. The third-order valence-corrected chi connectivity index (χ3v) is 6.84. The highest BCUT2D eigenvalue weighted by atomic mass is 16.4. The van der Waals surface area contributed by atoms with Crippen LogP contribution in [0.25, 0.3) is 0 Å². The first kappa shape index (κ1) is 34.1. The topological polar surface area (TPSA) is 224 Å². The molecule has 0 bridgehead atoms. The molecule has 0 aromatic heterocycles. The van der Waals surface area contributed by atoms with Gasteiger partial charge in [-0.15, -0.1) is 0 Å². The van der Waals surface area contributed by atoms with Crippen LogP contribution in [0.5, 0.6) is 0 Å². The number of rotatable bonds is 16. The van der Waals surface area contributed by atoms with Crippen molar-refractivity contribution in [2.75, 3.05) is 0 Å². The van der Waals surface area contributed by atoms with Crippen molar-refractivity contribution in [3.63, 3.8) is 0 Å². The van der Waals surface area contributed by atoms with Crippen molar-refractivity contribution < 1.29 is 59.4 Å². The van der Waals surface area contributed by atoms with E-state index >= 15 is 0 Å². The van der Waals surface area contributed by atoms with Gasteiger partial charge >= 0.3 is 23.9 Å². The molecule has 1 fully saturated rings. The number of Topliss-reactive ketones (excluding diaryl/α,β-unsaturated/α-hetero) is 2. The fourth-order valence-electron chi connectivity index (χ4n) is 4.79. The first-order valence-corrected chi connectivity index (χ1v) is 12.6. The van der Waals surface area contributed by atoms with Crippen LogP contribution < -0.4 is 0 Å². The molecule has 0 saturated heterocycles. The van der Waals surface area contributed by atoms with Crippen LogP contribution in [0, 0.1) is 11.8 Å². The van der Waals surface area contributed by atoms with Crippen LogP contribution in [-0.2, 0) is 28.8 Å². The van der Waals surface area contributed by atoms with E-state index in [2.05, 4.69) is 13.2 Å². The van der Waals surface area contributed by atoms with Gasteiger partial charge in [-0.25, -0.2) is 19.2 Å². The molecule has 0 aromatic carbocycles. The third kappa shape index (κ3) is 9.69. The van der Waals surface area contributed by atoms with Gasteiger partial charge in [0.25, 0.3) is 0 Å². The summed E-state index contributed by atoms with van der Waals surface area (Å²) in [6.07, 6.45) is -5.03. The summed E-state index contributed by atoms with van der Waals surface area (Å²) >= 11 is 0. The van der Waals surface area contributed by atoms with Crippen LogP contribution in [0.4, 0.5) is 0 Å². The Morgan fingerprint density at radius 1 is 0.575 bits per heavy atom. The van der Waals surface area contributed by atoms with E-state index in [0.29, 0.717) is 0 Å². The molecule has 1 aliphatic rings. The highest BCUT2D eigenvalue weighted by Crippen LogP contribution is 2.40. The van der Waals surface area contributed by atoms with Gasteiger partial charge in [0.05, 0.1) is 34.5 Å². The lowest BCUT2D eigenvalue weighted by molar-refractivity contribution is -0.137. The molecule has 1 saturated carbocycles. The van der Waals surface area contributed by atoms with Crippen molar-refractivity contribution in [3.05, 3.63) is 46.6 Å². The van der Waals surface area contributed by atoms with E-state index in [1.807, 2.05) is 0 Å². The fraction of sp³-hybridized carbons (Fsp3) is 0.500. The van der Waals surface area contributed by atoms with Crippen LogP contribution in [0.1, 0.15) is 65.2 Å². The molecule has 0 heterocycles. The predicted molar refractivity (Wildman–Crippen MR) is 140 cm³/mol. The predicted octanol–water partition coefficient (Wildman–Crippen LogP) is 2.30. The van der Waals surface area contributed by atoms with E-state index in [1.165, 1.54) is 13.8 Å². The SMILES string of the molecule is C=C(C)C(=O)CC(O)C/C(C(=O)O)=C(\C(=O)O)C1CCC(/C(C(=O)O)=C(/CC(O)CC(=O)C(=C)C)C(=O)O)CC1. The molecule has 6 N–H and O–H groups in total. The Morgan fingerprint density at radius 3 is 1.05 bits per heavy atom. The van der Waals surface area contributed by atoms with Gasteiger partial charge in [0.2, 0.25) is 0 Å². The summed E-state index contributed by atoms with van der Waals surface area (Å²) in [5, 5.41) is 59.6. The Morgan fingerprint density at radius 2 is 0.850 bits per heavy atom. The number of ketones is 2. The van der Waals surface area contributed by atoms with Crippen LogP contribution in [-0.4, -0.2) is 78.3 Å². The molecule has 220 valence electrons. The zero-order valence-electron chi connectivity index (χ0n) is 22.5. The smallest absolute Gasteiger partial charge is 0.332 e. The molecule has 0 amide bonds. The second kappa shape index (κ2) is 15.0. The van der Waals surface area contributed by atoms with Gasteiger partial charge in [-0.05, 0) is 62.5 Å². The molecular weight excluding hydrogens is 528 g/mol. The number of carbonyl (C=O) groups excluding carboxylic acids is 2. The van der Waals surface area contributed by atoms with Gasteiger partial charge in [-0.3, -0.25) is 9.59 Å². The fourth-order valence-corrected chi connectivity index (χ4v) is 4.79. The molecule has 2 unspecified atom stereocenters. The van der Waals surface area contributed by atoms with Gasteiger partial charge in [0.1, 0.15) is 0 Å². The van der Waals surface area contributed by atoms with E-state index in [9.17, 15) is 59.4 Å². The summed E-state index contributed by atoms with van der Waals surface area (Å²) in [5.41, 5.74) is -1.81. The summed E-state index contributed by atoms with van der Waals surface area (Å²) in [5.74, 6) is -8.94. The quantitative estimate of drug-likeness (QED) is 0.149. The molecule has 40 heavy (non-hydrogen) atoms. The van der Waals surface area contributed by atoms with Gasteiger partial charge in [-0.1, -0.05) is 13.2 Å². The molecule has 12 nitrogen and oxygen atoms in total. The zero-order chi connectivity index (χ0) is 30.9. The monoisotopic (exact) mass is 564 g/mol. The highest BCUT2D eigenvalue weighted by molar-refractivity contribution is 6.01. The lowest BCUT2D eigenvalue weighted by Crippen LogP contribution is -2.29. The van der Waals surface area contributed by atoms with Gasteiger partial charge in [-0.2, -0.15) is 0 Å². The summed E-state index contributed by atoms with van der Waals surface area (Å²) < 4.78 is 0. The number of aliphatic carboxylic acids is 4. The molecule has 1 aliphatic carbocycles. The Labute approximate surface area is 231 Å².